The Balaban J connectivity index is 0.771. The molecule has 2 N–H and O–H groups in total. The van der Waals surface area contributed by atoms with E-state index in [1.165, 1.54) is 0 Å². The molecule has 4 fully saturated rings. The van der Waals surface area contributed by atoms with Crippen LogP contribution in [-0.4, -0.2) is 107 Å². The molecule has 4 aromatic rings. The average molecular weight is 781 g/mol. The molecule has 0 bridgehead atoms. The molecule has 4 aliphatic rings. The number of carbonyl (C=O) groups is 3. The quantitative estimate of drug-likeness (QED) is 0.226. The first-order valence-electron chi connectivity index (χ1n) is 19.5. The lowest BCUT2D eigenvalue weighted by Crippen LogP contribution is -2.49. The Bertz CT molecular complexity index is 2110. The number of aromatic nitrogens is 4. The van der Waals surface area contributed by atoms with E-state index in [2.05, 4.69) is 41.4 Å². The summed E-state index contributed by atoms with van der Waals surface area (Å²) < 4.78 is 14.3. The molecule has 1 unspecified atom stereocenters. The van der Waals surface area contributed by atoms with Gasteiger partial charge in [-0.25, -0.2) is 4.79 Å². The van der Waals surface area contributed by atoms with Crippen molar-refractivity contribution in [2.24, 2.45) is 0 Å². The van der Waals surface area contributed by atoms with Crippen LogP contribution in [-0.2, 0) is 9.53 Å². The predicted molar refractivity (Wildman–Crippen MR) is 209 cm³/mol. The third kappa shape index (κ3) is 8.42. The Morgan fingerprint density at radius 1 is 1.02 bits per heavy atom. The standard InChI is InChI=1S/C40H45ClN10O5/c41-33-22-30(7-4-26(33)23-42)56-29-8-5-27(6-9-29)44-39(53)34-10-11-37(47-46-34)49-20-21-55-31(25-49)14-18-48-16-12-28(13-17-48)51-36-3-1-2-35(32(36)24-43-51)50-19-15-38(52)45-40(50)54/h1-4,7,10-11,22,24,27-29,31H,5-6,8-9,12-21,25H2,(H,44,53)(H,45,52,54)/t27-,29-,31?. The summed E-state index contributed by atoms with van der Waals surface area (Å²) >= 11 is 6.15. The highest BCUT2D eigenvalue weighted by Gasteiger charge is 2.30. The Labute approximate surface area is 329 Å². The van der Waals surface area contributed by atoms with Gasteiger partial charge >= 0.3 is 6.03 Å². The molecule has 4 amide bonds. The molecular weight excluding hydrogens is 736 g/mol. The lowest BCUT2D eigenvalue weighted by atomic mass is 9.93. The zero-order valence-electron chi connectivity index (χ0n) is 31.1. The largest absolute Gasteiger partial charge is 0.490 e. The molecule has 292 valence electrons. The predicted octanol–water partition coefficient (Wildman–Crippen LogP) is 4.85. The average Bonchev–Trinajstić information content (AvgIpc) is 3.66. The Morgan fingerprint density at radius 2 is 1.86 bits per heavy atom. The van der Waals surface area contributed by atoms with E-state index in [0.717, 1.165) is 87.0 Å². The van der Waals surface area contributed by atoms with Crippen molar-refractivity contribution in [1.82, 2.24) is 35.5 Å². The number of hydrogen-bond donors (Lipinski definition) is 2. The van der Waals surface area contributed by atoms with Gasteiger partial charge in [-0.05, 0) is 81.3 Å². The highest BCUT2D eigenvalue weighted by Crippen LogP contribution is 2.33. The first-order valence-corrected chi connectivity index (χ1v) is 19.9. The van der Waals surface area contributed by atoms with Crippen LogP contribution in [0.5, 0.6) is 5.75 Å². The number of likely N-dealkylation sites (tertiary alicyclic amines) is 1. The van der Waals surface area contributed by atoms with Crippen molar-refractivity contribution in [3.05, 3.63) is 71.0 Å². The second-order valence-corrected chi connectivity index (χ2v) is 15.4. The van der Waals surface area contributed by atoms with Gasteiger partial charge in [-0.15, -0.1) is 10.2 Å². The van der Waals surface area contributed by atoms with E-state index in [1.807, 2.05) is 30.5 Å². The normalized spacial score (nSPS) is 22.5. The number of rotatable bonds is 10. The number of amides is 4. The molecule has 16 heteroatoms. The number of urea groups is 1. The summed E-state index contributed by atoms with van der Waals surface area (Å²) in [6.45, 7) is 5.22. The number of piperidine rings is 1. The van der Waals surface area contributed by atoms with E-state index in [9.17, 15) is 14.4 Å². The number of nitrogens with zero attached hydrogens (tertiary/aromatic N) is 8. The number of morpholine rings is 1. The van der Waals surface area contributed by atoms with Crippen LogP contribution in [0.1, 0.15) is 73.5 Å². The van der Waals surface area contributed by atoms with Crippen LogP contribution in [0.3, 0.4) is 0 Å². The van der Waals surface area contributed by atoms with Gasteiger partial charge in [0.05, 0.1) is 52.8 Å². The molecule has 3 aliphatic heterocycles. The minimum atomic E-state index is -0.391. The van der Waals surface area contributed by atoms with Crippen molar-refractivity contribution in [3.8, 4) is 11.8 Å². The van der Waals surface area contributed by atoms with Crippen LogP contribution in [0.25, 0.3) is 10.9 Å². The van der Waals surface area contributed by atoms with E-state index in [4.69, 9.17) is 31.4 Å². The molecule has 3 saturated heterocycles. The van der Waals surface area contributed by atoms with E-state index in [1.54, 1.807) is 29.2 Å². The third-order valence-corrected chi connectivity index (χ3v) is 11.7. The van der Waals surface area contributed by atoms with Gasteiger partial charge in [0.25, 0.3) is 5.91 Å². The van der Waals surface area contributed by atoms with Crippen LogP contribution >= 0.6 is 11.6 Å². The van der Waals surface area contributed by atoms with Crippen molar-refractivity contribution in [2.45, 2.75) is 75.7 Å². The summed E-state index contributed by atoms with van der Waals surface area (Å²) in [6, 6.07) is 16.6. The minimum Gasteiger partial charge on any atom is -0.490 e. The van der Waals surface area contributed by atoms with Gasteiger partial charge in [-0.3, -0.25) is 24.5 Å². The molecular formula is C40H45ClN10O5. The maximum Gasteiger partial charge on any atom is 0.328 e. The molecule has 2 aromatic heterocycles. The first kappa shape index (κ1) is 37.6. The fourth-order valence-electron chi connectivity index (χ4n) is 8.24. The molecule has 1 atom stereocenters. The fraction of sp³-hybridized carbons (Fsp3) is 0.475. The number of carbonyl (C=O) groups excluding carboxylic acids is 3. The van der Waals surface area contributed by atoms with Crippen molar-refractivity contribution >= 4 is 51.9 Å². The fourth-order valence-corrected chi connectivity index (χ4v) is 8.46. The Kier molecular flexibility index (Phi) is 11.3. The second-order valence-electron chi connectivity index (χ2n) is 14.9. The third-order valence-electron chi connectivity index (χ3n) is 11.4. The van der Waals surface area contributed by atoms with Crippen LogP contribution in [0.4, 0.5) is 16.3 Å². The van der Waals surface area contributed by atoms with Crippen molar-refractivity contribution < 1.29 is 23.9 Å². The van der Waals surface area contributed by atoms with Gasteiger partial charge in [-0.1, -0.05) is 17.7 Å². The van der Waals surface area contributed by atoms with Gasteiger partial charge in [0.15, 0.2) is 11.5 Å². The van der Waals surface area contributed by atoms with Crippen LogP contribution in [0, 0.1) is 11.3 Å². The molecule has 56 heavy (non-hydrogen) atoms. The minimum absolute atomic E-state index is 0.0219. The number of imide groups is 1. The summed E-state index contributed by atoms with van der Waals surface area (Å²) in [7, 11) is 0. The van der Waals surface area contributed by atoms with Gasteiger partial charge in [0.2, 0.25) is 5.91 Å². The van der Waals surface area contributed by atoms with E-state index in [0.29, 0.717) is 48.3 Å². The molecule has 0 spiro atoms. The highest BCUT2D eigenvalue weighted by molar-refractivity contribution is 6.31. The molecule has 2 aromatic carbocycles. The van der Waals surface area contributed by atoms with Gasteiger partial charge in [0, 0.05) is 63.2 Å². The SMILES string of the molecule is N#Cc1ccc(O[C@H]2CC[C@H](NC(=O)c3ccc(N4CCOC(CCN5CCC(n6ncc7c(N8CCC(=O)NC8=O)cccc76)CC5)C4)nn3)CC2)cc1Cl. The molecule has 1 saturated carbocycles. The molecule has 5 heterocycles. The second kappa shape index (κ2) is 16.8. The summed E-state index contributed by atoms with van der Waals surface area (Å²) in [4.78, 5) is 43.5. The zero-order chi connectivity index (χ0) is 38.6. The number of nitrogens with one attached hydrogen (secondary N) is 2. The van der Waals surface area contributed by atoms with Crippen molar-refractivity contribution in [3.63, 3.8) is 0 Å². The molecule has 15 nitrogen and oxygen atoms in total. The number of hydrogen-bond acceptors (Lipinski definition) is 11. The molecule has 8 rings (SSSR count). The smallest absolute Gasteiger partial charge is 0.328 e. The van der Waals surface area contributed by atoms with Crippen LogP contribution in [0.15, 0.2) is 54.7 Å². The van der Waals surface area contributed by atoms with E-state index < -0.39 is 6.03 Å². The number of fused-ring (bicyclic) bond motifs is 1. The lowest BCUT2D eigenvalue weighted by molar-refractivity contribution is -0.120. The number of halogens is 1. The summed E-state index contributed by atoms with van der Waals surface area (Å²) in [5.41, 5.74) is 2.48. The van der Waals surface area contributed by atoms with Crippen LogP contribution < -0.4 is 25.2 Å². The van der Waals surface area contributed by atoms with Crippen LogP contribution in [0.2, 0.25) is 5.02 Å². The summed E-state index contributed by atoms with van der Waals surface area (Å²) in [6.07, 6.45) is 8.20. The zero-order valence-corrected chi connectivity index (χ0v) is 31.9. The van der Waals surface area contributed by atoms with Gasteiger partial charge < -0.3 is 24.6 Å². The molecule has 1 aliphatic carbocycles. The monoisotopic (exact) mass is 780 g/mol. The number of nitriles is 1. The number of anilines is 2. The number of benzene rings is 2. The van der Waals surface area contributed by atoms with E-state index >= 15 is 0 Å². The topological polar surface area (TPSA) is 171 Å². The number of ether oxygens (including phenoxy) is 2. The maximum absolute atomic E-state index is 13.0. The first-order chi connectivity index (χ1) is 27.3. The lowest BCUT2D eigenvalue weighted by Gasteiger charge is -2.36. The summed E-state index contributed by atoms with van der Waals surface area (Å²) in [5, 5.41) is 29.4. The van der Waals surface area contributed by atoms with Gasteiger partial charge in [-0.2, -0.15) is 10.4 Å². The molecule has 0 radical (unpaired) electrons. The summed E-state index contributed by atoms with van der Waals surface area (Å²) in [5.74, 6) is 0.903. The van der Waals surface area contributed by atoms with E-state index in [-0.39, 0.29) is 42.5 Å². The highest BCUT2D eigenvalue weighted by atomic mass is 35.5. The Morgan fingerprint density at radius 3 is 2.61 bits per heavy atom. The van der Waals surface area contributed by atoms with Crippen molar-refractivity contribution in [1.29, 1.82) is 5.26 Å². The van der Waals surface area contributed by atoms with Gasteiger partial charge in [0.1, 0.15) is 11.8 Å². The van der Waals surface area contributed by atoms with Crippen molar-refractivity contribution in [2.75, 3.05) is 55.7 Å². The Hall–Kier alpha value is -5.30. The maximum atomic E-state index is 13.0.